The lowest BCUT2D eigenvalue weighted by Crippen LogP contribution is -1.93. The van der Waals surface area contributed by atoms with Crippen LogP contribution < -0.4 is 5.73 Å². The van der Waals surface area contributed by atoms with Crippen molar-refractivity contribution in [3.63, 3.8) is 0 Å². The molecule has 0 aliphatic heterocycles. The number of aromatic nitrogens is 2. The number of hydrogen-bond acceptors (Lipinski definition) is 4. The van der Waals surface area contributed by atoms with Crippen LogP contribution in [0.2, 0.25) is 0 Å². The zero-order valence-corrected chi connectivity index (χ0v) is 12.7. The first-order valence-electron chi connectivity index (χ1n) is 6.21. The molecule has 0 unspecified atom stereocenters. The Morgan fingerprint density at radius 2 is 2.00 bits per heavy atom. The number of para-hydroxylation sites is 1. The molecular weight excluding hydrogens is 337 g/mol. The molecule has 0 saturated carbocycles. The molecule has 6 heteroatoms. The lowest BCUT2D eigenvalue weighted by molar-refractivity contribution is 0.432. The molecule has 1 heterocycles. The second-order valence-corrected chi connectivity index (χ2v) is 5.44. The maximum absolute atomic E-state index is 13.1. The Balaban J connectivity index is 2.06. The number of rotatable bonds is 2. The fourth-order valence-electron chi connectivity index (χ4n) is 1.98. The molecule has 0 amide bonds. The van der Waals surface area contributed by atoms with Crippen molar-refractivity contribution in [2.45, 2.75) is 6.92 Å². The van der Waals surface area contributed by atoms with Gasteiger partial charge in [0.2, 0.25) is 5.82 Å². The van der Waals surface area contributed by atoms with Crippen LogP contribution >= 0.6 is 15.9 Å². The third-order valence-electron chi connectivity index (χ3n) is 3.15. The van der Waals surface area contributed by atoms with Crippen LogP contribution in [0.4, 0.5) is 10.1 Å². The SMILES string of the molecule is Cc1cccc(-c2nc(-c3ccc(F)cc3Br)no2)c1N. The van der Waals surface area contributed by atoms with Crippen LogP contribution in [0.15, 0.2) is 45.4 Å². The fourth-order valence-corrected chi connectivity index (χ4v) is 2.51. The molecule has 106 valence electrons. The van der Waals surface area contributed by atoms with Crippen LogP contribution in [0.3, 0.4) is 0 Å². The zero-order valence-electron chi connectivity index (χ0n) is 11.1. The first kappa shape index (κ1) is 13.8. The van der Waals surface area contributed by atoms with Crippen LogP contribution in [0.5, 0.6) is 0 Å². The van der Waals surface area contributed by atoms with Gasteiger partial charge in [0, 0.05) is 15.7 Å². The second-order valence-electron chi connectivity index (χ2n) is 4.58. The van der Waals surface area contributed by atoms with E-state index in [0.29, 0.717) is 33.0 Å². The van der Waals surface area contributed by atoms with Gasteiger partial charge in [-0.15, -0.1) is 0 Å². The summed E-state index contributed by atoms with van der Waals surface area (Å²) in [5, 5.41) is 3.93. The van der Waals surface area contributed by atoms with E-state index in [4.69, 9.17) is 10.3 Å². The van der Waals surface area contributed by atoms with Gasteiger partial charge >= 0.3 is 0 Å². The van der Waals surface area contributed by atoms with Gasteiger partial charge < -0.3 is 10.3 Å². The predicted octanol–water partition coefficient (Wildman–Crippen LogP) is 4.20. The van der Waals surface area contributed by atoms with E-state index in [0.717, 1.165) is 5.56 Å². The number of benzene rings is 2. The van der Waals surface area contributed by atoms with Crippen LogP contribution in [0.1, 0.15) is 5.56 Å². The summed E-state index contributed by atoms with van der Waals surface area (Å²) in [4.78, 5) is 4.33. The maximum Gasteiger partial charge on any atom is 0.260 e. The molecule has 0 aliphatic rings. The van der Waals surface area contributed by atoms with Crippen molar-refractivity contribution in [1.82, 2.24) is 10.1 Å². The molecule has 3 rings (SSSR count). The van der Waals surface area contributed by atoms with Crippen LogP contribution in [-0.2, 0) is 0 Å². The Labute approximate surface area is 128 Å². The van der Waals surface area contributed by atoms with Gasteiger partial charge in [0.1, 0.15) is 5.82 Å². The van der Waals surface area contributed by atoms with Crippen molar-refractivity contribution >= 4 is 21.6 Å². The first-order chi connectivity index (χ1) is 10.1. The Morgan fingerprint density at radius 1 is 1.19 bits per heavy atom. The standard InChI is InChI=1S/C15H11BrFN3O/c1-8-3-2-4-11(13(8)18)15-19-14(20-21-15)10-6-5-9(17)7-12(10)16/h2-7H,18H2,1H3. The van der Waals surface area contributed by atoms with E-state index in [1.54, 1.807) is 6.07 Å². The maximum atomic E-state index is 13.1. The van der Waals surface area contributed by atoms with Gasteiger partial charge in [0.05, 0.1) is 5.56 Å². The first-order valence-corrected chi connectivity index (χ1v) is 7.00. The molecule has 2 N–H and O–H groups in total. The molecular formula is C15H11BrFN3O. The average Bonchev–Trinajstić information content (AvgIpc) is 2.91. The van der Waals surface area contributed by atoms with Crippen LogP contribution in [0, 0.1) is 12.7 Å². The number of anilines is 1. The minimum absolute atomic E-state index is 0.336. The van der Waals surface area contributed by atoms with Gasteiger partial charge in [-0.2, -0.15) is 4.98 Å². The highest BCUT2D eigenvalue weighted by Gasteiger charge is 2.15. The van der Waals surface area contributed by atoms with Gasteiger partial charge in [-0.25, -0.2) is 4.39 Å². The summed E-state index contributed by atoms with van der Waals surface area (Å²) in [7, 11) is 0. The third-order valence-corrected chi connectivity index (χ3v) is 3.81. The zero-order chi connectivity index (χ0) is 15.0. The van der Waals surface area contributed by atoms with Gasteiger partial charge in [-0.05, 0) is 52.7 Å². The van der Waals surface area contributed by atoms with E-state index in [1.807, 2.05) is 25.1 Å². The minimum atomic E-state index is -0.336. The van der Waals surface area contributed by atoms with Crippen molar-refractivity contribution in [1.29, 1.82) is 0 Å². The molecule has 3 aromatic rings. The van der Waals surface area contributed by atoms with E-state index in [9.17, 15) is 4.39 Å². The van der Waals surface area contributed by atoms with Gasteiger partial charge in [0.25, 0.3) is 5.89 Å². The molecule has 2 aromatic carbocycles. The van der Waals surface area contributed by atoms with E-state index < -0.39 is 0 Å². The highest BCUT2D eigenvalue weighted by molar-refractivity contribution is 9.10. The van der Waals surface area contributed by atoms with E-state index in [-0.39, 0.29) is 5.82 Å². The smallest absolute Gasteiger partial charge is 0.260 e. The molecule has 0 bridgehead atoms. The van der Waals surface area contributed by atoms with Crippen molar-refractivity contribution in [2.24, 2.45) is 0 Å². The monoisotopic (exact) mass is 347 g/mol. The Kier molecular flexibility index (Phi) is 3.47. The Bertz CT molecular complexity index is 816. The van der Waals surface area contributed by atoms with Crippen molar-refractivity contribution in [2.75, 3.05) is 5.73 Å². The van der Waals surface area contributed by atoms with Crippen LogP contribution in [0.25, 0.3) is 22.8 Å². The number of halogens is 2. The number of aryl methyl sites for hydroxylation is 1. The summed E-state index contributed by atoms with van der Waals surface area (Å²) in [6, 6.07) is 9.89. The van der Waals surface area contributed by atoms with E-state index in [1.165, 1.54) is 12.1 Å². The molecule has 0 saturated heterocycles. The fraction of sp³-hybridized carbons (Fsp3) is 0.0667. The highest BCUT2D eigenvalue weighted by Crippen LogP contribution is 2.31. The number of nitrogen functional groups attached to an aromatic ring is 1. The largest absolute Gasteiger partial charge is 0.398 e. The lowest BCUT2D eigenvalue weighted by Gasteiger charge is -2.03. The lowest BCUT2D eigenvalue weighted by atomic mass is 10.1. The second kappa shape index (κ2) is 5.29. The molecule has 4 nitrogen and oxygen atoms in total. The molecule has 0 radical (unpaired) electrons. The van der Waals surface area contributed by atoms with Crippen molar-refractivity contribution in [3.8, 4) is 22.8 Å². The number of nitrogens with zero attached hydrogens (tertiary/aromatic N) is 2. The number of nitrogens with two attached hydrogens (primary N) is 1. The third kappa shape index (κ3) is 2.54. The van der Waals surface area contributed by atoms with Crippen LogP contribution in [-0.4, -0.2) is 10.1 Å². The summed E-state index contributed by atoms with van der Waals surface area (Å²) >= 11 is 3.29. The summed E-state index contributed by atoms with van der Waals surface area (Å²) in [6.07, 6.45) is 0. The summed E-state index contributed by atoms with van der Waals surface area (Å²) in [5.41, 5.74) is 8.91. The predicted molar refractivity (Wildman–Crippen MR) is 82.0 cm³/mol. The van der Waals surface area contributed by atoms with Crippen molar-refractivity contribution in [3.05, 3.63) is 52.3 Å². The van der Waals surface area contributed by atoms with Gasteiger partial charge in [-0.1, -0.05) is 17.3 Å². The Morgan fingerprint density at radius 3 is 2.76 bits per heavy atom. The minimum Gasteiger partial charge on any atom is -0.398 e. The molecule has 0 fully saturated rings. The topological polar surface area (TPSA) is 64.9 Å². The average molecular weight is 348 g/mol. The molecule has 0 spiro atoms. The summed E-state index contributed by atoms with van der Waals surface area (Å²) in [6.45, 7) is 1.91. The summed E-state index contributed by atoms with van der Waals surface area (Å²) in [5.74, 6) is 0.373. The van der Waals surface area contributed by atoms with E-state index >= 15 is 0 Å². The number of hydrogen-bond donors (Lipinski definition) is 1. The molecule has 1 aromatic heterocycles. The quantitative estimate of drug-likeness (QED) is 0.705. The molecule has 21 heavy (non-hydrogen) atoms. The van der Waals surface area contributed by atoms with Gasteiger partial charge in [0.15, 0.2) is 0 Å². The molecule has 0 aliphatic carbocycles. The normalized spacial score (nSPS) is 10.8. The molecule has 0 atom stereocenters. The van der Waals surface area contributed by atoms with Crippen molar-refractivity contribution < 1.29 is 8.91 Å². The van der Waals surface area contributed by atoms with Gasteiger partial charge in [-0.3, -0.25) is 0 Å². The van der Waals surface area contributed by atoms with E-state index in [2.05, 4.69) is 26.1 Å². The Hall–Kier alpha value is -2.21. The highest BCUT2D eigenvalue weighted by atomic mass is 79.9. The summed E-state index contributed by atoms with van der Waals surface area (Å²) < 4.78 is 19.0.